The van der Waals surface area contributed by atoms with Crippen molar-refractivity contribution in [3.05, 3.63) is 29.5 Å². The molecule has 1 saturated carbocycles. The third kappa shape index (κ3) is 1.72. The Kier molecular flexibility index (Phi) is 2.47. The highest BCUT2D eigenvalue weighted by Crippen LogP contribution is 2.43. The molecule has 0 unspecified atom stereocenters. The van der Waals surface area contributed by atoms with E-state index < -0.39 is 0 Å². The van der Waals surface area contributed by atoms with Gasteiger partial charge in [-0.1, -0.05) is 11.3 Å². The number of methoxy groups -OCH3 is 1. The fourth-order valence-corrected chi connectivity index (χ4v) is 2.18. The third-order valence-electron chi connectivity index (χ3n) is 3.26. The molecule has 0 radical (unpaired) electrons. The first-order valence-electron chi connectivity index (χ1n) is 6.07. The van der Waals surface area contributed by atoms with Crippen molar-refractivity contribution in [2.75, 3.05) is 12.8 Å². The lowest BCUT2D eigenvalue weighted by Crippen LogP contribution is -2.05. The number of hydrogen-bond donors (Lipinski definition) is 1. The third-order valence-corrected chi connectivity index (χ3v) is 3.26. The van der Waals surface area contributed by atoms with Gasteiger partial charge in [-0.2, -0.15) is 0 Å². The van der Waals surface area contributed by atoms with Gasteiger partial charge in [0.05, 0.1) is 12.8 Å². The van der Waals surface area contributed by atoms with Gasteiger partial charge in [-0.3, -0.25) is 0 Å². The van der Waals surface area contributed by atoms with Gasteiger partial charge < -0.3 is 10.5 Å². The molecule has 0 atom stereocenters. The first kappa shape index (κ1) is 11.1. The number of anilines is 1. The highest BCUT2D eigenvalue weighted by Gasteiger charge is 2.31. The first-order valence-corrected chi connectivity index (χ1v) is 6.07. The van der Waals surface area contributed by atoms with Gasteiger partial charge in [-0.25, -0.2) is 4.68 Å². The molecule has 1 aromatic heterocycles. The zero-order valence-electron chi connectivity index (χ0n) is 10.6. The van der Waals surface area contributed by atoms with Crippen LogP contribution < -0.4 is 10.5 Å². The molecule has 1 aliphatic rings. The number of benzene rings is 1. The molecule has 1 aliphatic carbocycles. The maximum Gasteiger partial charge on any atom is 0.169 e. The average Bonchev–Trinajstić information content (AvgIpc) is 3.12. The van der Waals surface area contributed by atoms with Crippen molar-refractivity contribution in [1.29, 1.82) is 0 Å². The van der Waals surface area contributed by atoms with Crippen LogP contribution in [0.3, 0.4) is 0 Å². The summed E-state index contributed by atoms with van der Waals surface area (Å²) in [4.78, 5) is 0. The average molecular weight is 244 g/mol. The number of aryl methyl sites for hydroxylation is 1. The maximum atomic E-state index is 5.91. The zero-order valence-corrected chi connectivity index (χ0v) is 10.6. The van der Waals surface area contributed by atoms with Crippen LogP contribution in [0.2, 0.25) is 0 Å². The lowest BCUT2D eigenvalue weighted by Gasteiger charge is -2.11. The summed E-state index contributed by atoms with van der Waals surface area (Å²) in [6, 6.07) is 6.00. The number of hydrogen-bond acceptors (Lipinski definition) is 4. The lowest BCUT2D eigenvalue weighted by atomic mass is 10.2. The van der Waals surface area contributed by atoms with E-state index in [1.807, 2.05) is 29.8 Å². The van der Waals surface area contributed by atoms with E-state index in [1.54, 1.807) is 7.11 Å². The van der Waals surface area contributed by atoms with Crippen molar-refractivity contribution < 1.29 is 4.74 Å². The standard InChI is InChI=1S/C13H16N4O/c1-8-3-6-11(18-2)10(7-8)17-12(9-4-5-9)13(14)15-16-17/h3,6-7,9H,4-5,14H2,1-2H3. The summed E-state index contributed by atoms with van der Waals surface area (Å²) < 4.78 is 7.21. The molecule has 0 aliphatic heterocycles. The Bertz CT molecular complexity index is 587. The van der Waals surface area contributed by atoms with Gasteiger partial charge in [0.1, 0.15) is 11.4 Å². The Morgan fingerprint density at radius 1 is 1.39 bits per heavy atom. The molecule has 0 saturated heterocycles. The zero-order chi connectivity index (χ0) is 12.7. The van der Waals surface area contributed by atoms with Crippen LogP contribution in [0.5, 0.6) is 5.75 Å². The molecule has 3 rings (SSSR count). The minimum atomic E-state index is 0.491. The van der Waals surface area contributed by atoms with Gasteiger partial charge in [-0.15, -0.1) is 5.10 Å². The van der Waals surface area contributed by atoms with E-state index in [0.29, 0.717) is 11.7 Å². The molecule has 5 heteroatoms. The van der Waals surface area contributed by atoms with Gasteiger partial charge in [0.15, 0.2) is 5.82 Å². The molecule has 94 valence electrons. The molecule has 0 spiro atoms. The van der Waals surface area contributed by atoms with Crippen molar-refractivity contribution in [2.24, 2.45) is 0 Å². The topological polar surface area (TPSA) is 66.0 Å². The fourth-order valence-electron chi connectivity index (χ4n) is 2.18. The number of nitrogens with two attached hydrogens (primary N) is 1. The second-order valence-corrected chi connectivity index (χ2v) is 4.72. The van der Waals surface area contributed by atoms with Crippen LogP contribution in [-0.2, 0) is 0 Å². The van der Waals surface area contributed by atoms with Gasteiger partial charge in [0.2, 0.25) is 0 Å². The van der Waals surface area contributed by atoms with Crippen LogP contribution in [0.1, 0.15) is 30.0 Å². The highest BCUT2D eigenvalue weighted by molar-refractivity contribution is 5.52. The summed E-state index contributed by atoms with van der Waals surface area (Å²) in [5, 5.41) is 8.15. The minimum absolute atomic E-state index is 0.491. The summed E-state index contributed by atoms with van der Waals surface area (Å²) >= 11 is 0. The number of ether oxygens (including phenoxy) is 1. The minimum Gasteiger partial charge on any atom is -0.494 e. The Morgan fingerprint density at radius 2 is 2.17 bits per heavy atom. The van der Waals surface area contributed by atoms with E-state index in [4.69, 9.17) is 10.5 Å². The van der Waals surface area contributed by atoms with Gasteiger partial charge in [-0.05, 0) is 37.5 Å². The van der Waals surface area contributed by atoms with Crippen LogP contribution in [0.15, 0.2) is 18.2 Å². The number of nitrogens with zero attached hydrogens (tertiary/aromatic N) is 3. The Hall–Kier alpha value is -2.04. The quantitative estimate of drug-likeness (QED) is 0.897. The predicted molar refractivity (Wildman–Crippen MR) is 69.0 cm³/mol. The highest BCUT2D eigenvalue weighted by atomic mass is 16.5. The van der Waals surface area contributed by atoms with E-state index in [0.717, 1.165) is 35.5 Å². The van der Waals surface area contributed by atoms with Crippen molar-refractivity contribution in [3.63, 3.8) is 0 Å². The van der Waals surface area contributed by atoms with E-state index in [1.165, 1.54) is 0 Å². The van der Waals surface area contributed by atoms with Crippen LogP contribution >= 0.6 is 0 Å². The van der Waals surface area contributed by atoms with Crippen molar-refractivity contribution in [1.82, 2.24) is 15.0 Å². The van der Waals surface area contributed by atoms with E-state index >= 15 is 0 Å². The molecule has 1 fully saturated rings. The van der Waals surface area contributed by atoms with Gasteiger partial charge in [0, 0.05) is 5.92 Å². The summed E-state index contributed by atoms with van der Waals surface area (Å²) in [6.07, 6.45) is 2.32. The molecule has 0 bridgehead atoms. The molecule has 18 heavy (non-hydrogen) atoms. The molecular weight excluding hydrogens is 228 g/mol. The maximum absolute atomic E-state index is 5.91. The monoisotopic (exact) mass is 244 g/mol. The predicted octanol–water partition coefficient (Wildman–Crippen LogP) is 2.04. The summed E-state index contributed by atoms with van der Waals surface area (Å²) in [5.41, 5.74) is 8.99. The van der Waals surface area contributed by atoms with Gasteiger partial charge in [0.25, 0.3) is 0 Å². The normalized spacial score (nSPS) is 14.8. The summed E-state index contributed by atoms with van der Waals surface area (Å²) in [5.74, 6) is 1.80. The van der Waals surface area contributed by atoms with Crippen molar-refractivity contribution in [3.8, 4) is 11.4 Å². The Morgan fingerprint density at radius 3 is 2.83 bits per heavy atom. The van der Waals surface area contributed by atoms with Crippen molar-refractivity contribution in [2.45, 2.75) is 25.7 Å². The molecule has 1 aromatic carbocycles. The molecular formula is C13H16N4O. The SMILES string of the molecule is COc1ccc(C)cc1-n1nnc(N)c1C1CC1. The molecule has 5 nitrogen and oxygen atoms in total. The van der Waals surface area contributed by atoms with Crippen molar-refractivity contribution >= 4 is 5.82 Å². The largest absolute Gasteiger partial charge is 0.494 e. The lowest BCUT2D eigenvalue weighted by molar-refractivity contribution is 0.411. The second kappa shape index (κ2) is 4.01. The van der Waals surface area contributed by atoms with Crippen LogP contribution in [0.4, 0.5) is 5.82 Å². The van der Waals surface area contributed by atoms with Crippen LogP contribution in [0.25, 0.3) is 5.69 Å². The molecule has 0 amide bonds. The molecule has 1 heterocycles. The van der Waals surface area contributed by atoms with Crippen LogP contribution in [0, 0.1) is 6.92 Å². The van der Waals surface area contributed by atoms with E-state index in [-0.39, 0.29) is 0 Å². The Balaban J connectivity index is 2.17. The van der Waals surface area contributed by atoms with E-state index in [2.05, 4.69) is 10.3 Å². The first-order chi connectivity index (χ1) is 8.70. The fraction of sp³-hybridized carbons (Fsp3) is 0.385. The summed E-state index contributed by atoms with van der Waals surface area (Å²) in [7, 11) is 1.66. The molecule has 2 N–H and O–H groups in total. The van der Waals surface area contributed by atoms with E-state index in [9.17, 15) is 0 Å². The molecule has 2 aromatic rings. The second-order valence-electron chi connectivity index (χ2n) is 4.72. The van der Waals surface area contributed by atoms with Crippen LogP contribution in [-0.4, -0.2) is 22.1 Å². The Labute approximate surface area is 106 Å². The number of rotatable bonds is 3. The number of aromatic nitrogens is 3. The summed E-state index contributed by atoms with van der Waals surface area (Å²) in [6.45, 7) is 2.04. The number of nitrogen functional groups attached to an aromatic ring is 1. The smallest absolute Gasteiger partial charge is 0.169 e. The van der Waals surface area contributed by atoms with Gasteiger partial charge >= 0.3 is 0 Å².